The summed E-state index contributed by atoms with van der Waals surface area (Å²) >= 11 is 6.06. The number of carbonyl (C=O) groups is 1. The van der Waals surface area contributed by atoms with Gasteiger partial charge in [0, 0.05) is 11.7 Å². The molecule has 0 unspecified atom stereocenters. The molecule has 5 heteroatoms. The van der Waals surface area contributed by atoms with E-state index < -0.39 is 0 Å². The summed E-state index contributed by atoms with van der Waals surface area (Å²) in [5.41, 5.74) is 1.78. The second-order valence-electron chi connectivity index (χ2n) is 5.36. The maximum absolute atomic E-state index is 12.3. The number of carbonyl (C=O) groups excluding carboxylic acids is 1. The Kier molecular flexibility index (Phi) is 6.02. The highest BCUT2D eigenvalue weighted by atomic mass is 35.5. The Morgan fingerprint density at radius 1 is 1.13 bits per heavy atom. The molecule has 0 aliphatic carbocycles. The predicted molar refractivity (Wildman–Crippen MR) is 94.1 cm³/mol. The predicted octanol–water partition coefficient (Wildman–Crippen LogP) is 4.03. The highest BCUT2D eigenvalue weighted by Gasteiger charge is 2.16. The minimum Gasteiger partial charge on any atom is -0.495 e. The number of rotatable bonds is 6. The molecule has 0 saturated carbocycles. The SMILES string of the molecule is COc1ccc(NC(=O)[C@@H](C)N[C@@H](C)c2ccccc2)cc1Cl. The van der Waals surface area contributed by atoms with E-state index in [2.05, 4.69) is 10.6 Å². The zero-order valence-electron chi connectivity index (χ0n) is 13.5. The molecule has 23 heavy (non-hydrogen) atoms. The summed E-state index contributed by atoms with van der Waals surface area (Å²) in [6, 6.07) is 14.9. The average molecular weight is 333 g/mol. The molecule has 122 valence electrons. The van der Waals surface area contributed by atoms with E-state index in [-0.39, 0.29) is 18.0 Å². The largest absolute Gasteiger partial charge is 0.495 e. The van der Waals surface area contributed by atoms with Crippen molar-refractivity contribution in [3.8, 4) is 5.75 Å². The Hall–Kier alpha value is -2.04. The van der Waals surface area contributed by atoms with Crippen molar-refractivity contribution < 1.29 is 9.53 Å². The monoisotopic (exact) mass is 332 g/mol. The van der Waals surface area contributed by atoms with Crippen molar-refractivity contribution >= 4 is 23.2 Å². The summed E-state index contributed by atoms with van der Waals surface area (Å²) in [4.78, 5) is 12.3. The van der Waals surface area contributed by atoms with Crippen molar-refractivity contribution in [1.29, 1.82) is 0 Å². The van der Waals surface area contributed by atoms with E-state index in [4.69, 9.17) is 16.3 Å². The van der Waals surface area contributed by atoms with Gasteiger partial charge in [0.25, 0.3) is 0 Å². The van der Waals surface area contributed by atoms with Crippen LogP contribution in [0.1, 0.15) is 25.5 Å². The van der Waals surface area contributed by atoms with E-state index in [1.54, 1.807) is 25.3 Å². The van der Waals surface area contributed by atoms with E-state index >= 15 is 0 Å². The Morgan fingerprint density at radius 2 is 1.83 bits per heavy atom. The first kappa shape index (κ1) is 17.3. The fourth-order valence-electron chi connectivity index (χ4n) is 2.28. The standard InChI is InChI=1S/C18H21ClN2O2/c1-12(14-7-5-4-6-8-14)20-13(2)18(22)21-15-9-10-17(23-3)16(19)11-15/h4-13,20H,1-3H3,(H,21,22)/t12-,13+/m0/s1. The number of amides is 1. The lowest BCUT2D eigenvalue weighted by atomic mass is 10.1. The van der Waals surface area contributed by atoms with Gasteiger partial charge in [-0.3, -0.25) is 10.1 Å². The van der Waals surface area contributed by atoms with E-state index in [9.17, 15) is 4.79 Å². The molecule has 0 aliphatic rings. The number of halogens is 1. The van der Waals surface area contributed by atoms with Crippen LogP contribution in [0.5, 0.6) is 5.75 Å². The van der Waals surface area contributed by atoms with Gasteiger partial charge in [0.2, 0.25) is 5.91 Å². The molecule has 0 bridgehead atoms. The van der Waals surface area contributed by atoms with Crippen LogP contribution in [0.25, 0.3) is 0 Å². The minimum absolute atomic E-state index is 0.0800. The lowest BCUT2D eigenvalue weighted by Crippen LogP contribution is -2.39. The lowest BCUT2D eigenvalue weighted by molar-refractivity contribution is -0.117. The van der Waals surface area contributed by atoms with Crippen LogP contribution < -0.4 is 15.4 Å². The van der Waals surface area contributed by atoms with Crippen LogP contribution in [0.4, 0.5) is 5.69 Å². The molecule has 0 aromatic heterocycles. The highest BCUT2D eigenvalue weighted by Crippen LogP contribution is 2.27. The Balaban J connectivity index is 1.96. The summed E-state index contributed by atoms with van der Waals surface area (Å²) in [6.45, 7) is 3.86. The highest BCUT2D eigenvalue weighted by molar-refractivity contribution is 6.32. The van der Waals surface area contributed by atoms with Gasteiger partial charge in [-0.05, 0) is 37.6 Å². The van der Waals surface area contributed by atoms with Crippen LogP contribution in [0.3, 0.4) is 0 Å². The van der Waals surface area contributed by atoms with Gasteiger partial charge >= 0.3 is 0 Å². The zero-order valence-corrected chi connectivity index (χ0v) is 14.2. The second-order valence-corrected chi connectivity index (χ2v) is 5.77. The first-order chi connectivity index (χ1) is 11.0. The normalized spacial score (nSPS) is 13.2. The van der Waals surface area contributed by atoms with Gasteiger partial charge in [-0.1, -0.05) is 41.9 Å². The third kappa shape index (κ3) is 4.71. The summed E-state index contributed by atoms with van der Waals surface area (Å²) in [5, 5.41) is 6.59. The molecule has 0 fully saturated rings. The van der Waals surface area contributed by atoms with Gasteiger partial charge in [-0.2, -0.15) is 0 Å². The summed E-state index contributed by atoms with van der Waals surface area (Å²) in [5.74, 6) is 0.461. The fourth-order valence-corrected chi connectivity index (χ4v) is 2.54. The smallest absolute Gasteiger partial charge is 0.241 e. The first-order valence-corrected chi connectivity index (χ1v) is 7.84. The molecular weight excluding hydrogens is 312 g/mol. The summed E-state index contributed by atoms with van der Waals surface area (Å²) in [6.07, 6.45) is 0. The molecule has 0 aliphatic heterocycles. The van der Waals surface area contributed by atoms with E-state index in [0.717, 1.165) is 5.56 Å². The molecule has 2 rings (SSSR count). The Bertz CT molecular complexity index is 661. The van der Waals surface area contributed by atoms with Gasteiger partial charge in [0.15, 0.2) is 0 Å². The molecule has 2 aromatic rings. The van der Waals surface area contributed by atoms with Crippen molar-refractivity contribution in [3.05, 3.63) is 59.1 Å². The maximum atomic E-state index is 12.3. The van der Waals surface area contributed by atoms with E-state index in [0.29, 0.717) is 16.5 Å². The number of benzene rings is 2. The van der Waals surface area contributed by atoms with Crippen LogP contribution in [-0.4, -0.2) is 19.1 Å². The Morgan fingerprint density at radius 3 is 2.43 bits per heavy atom. The molecule has 1 amide bonds. The summed E-state index contributed by atoms with van der Waals surface area (Å²) in [7, 11) is 1.55. The van der Waals surface area contributed by atoms with Gasteiger partial charge < -0.3 is 10.1 Å². The van der Waals surface area contributed by atoms with Gasteiger partial charge in [-0.25, -0.2) is 0 Å². The maximum Gasteiger partial charge on any atom is 0.241 e. The van der Waals surface area contributed by atoms with E-state index in [1.807, 2.05) is 44.2 Å². The van der Waals surface area contributed by atoms with Crippen LogP contribution in [-0.2, 0) is 4.79 Å². The Labute approximate surface area is 141 Å². The second kappa shape index (κ2) is 7.99. The molecule has 0 heterocycles. The quantitative estimate of drug-likeness (QED) is 0.839. The number of anilines is 1. The molecule has 2 N–H and O–H groups in total. The van der Waals surface area contributed by atoms with Crippen molar-refractivity contribution in [1.82, 2.24) is 5.32 Å². The number of hydrogen-bond donors (Lipinski definition) is 2. The fraction of sp³-hybridized carbons (Fsp3) is 0.278. The third-order valence-electron chi connectivity index (χ3n) is 3.61. The van der Waals surface area contributed by atoms with Gasteiger partial charge in [-0.15, -0.1) is 0 Å². The molecule has 0 spiro atoms. The topological polar surface area (TPSA) is 50.4 Å². The van der Waals surface area contributed by atoms with Crippen LogP contribution >= 0.6 is 11.6 Å². The number of nitrogens with one attached hydrogen (secondary N) is 2. The number of hydrogen-bond acceptors (Lipinski definition) is 3. The van der Waals surface area contributed by atoms with Crippen LogP contribution in [0.2, 0.25) is 5.02 Å². The van der Waals surface area contributed by atoms with Crippen molar-refractivity contribution in [2.45, 2.75) is 25.9 Å². The average Bonchev–Trinajstić information content (AvgIpc) is 2.55. The van der Waals surface area contributed by atoms with Gasteiger partial charge in [0.05, 0.1) is 18.2 Å². The molecule has 0 radical (unpaired) electrons. The molecule has 0 saturated heterocycles. The van der Waals surface area contributed by atoms with Crippen molar-refractivity contribution in [3.63, 3.8) is 0 Å². The van der Waals surface area contributed by atoms with Crippen molar-refractivity contribution in [2.24, 2.45) is 0 Å². The first-order valence-electron chi connectivity index (χ1n) is 7.46. The number of ether oxygens (including phenoxy) is 1. The van der Waals surface area contributed by atoms with Crippen LogP contribution in [0.15, 0.2) is 48.5 Å². The van der Waals surface area contributed by atoms with E-state index in [1.165, 1.54) is 0 Å². The molecule has 2 aromatic carbocycles. The molecule has 4 nitrogen and oxygen atoms in total. The molecule has 2 atom stereocenters. The summed E-state index contributed by atoms with van der Waals surface area (Å²) < 4.78 is 5.10. The number of methoxy groups -OCH3 is 1. The molecular formula is C18H21ClN2O2. The zero-order chi connectivity index (χ0) is 16.8. The lowest BCUT2D eigenvalue weighted by Gasteiger charge is -2.20. The van der Waals surface area contributed by atoms with Crippen LogP contribution in [0, 0.1) is 0 Å². The third-order valence-corrected chi connectivity index (χ3v) is 3.91. The van der Waals surface area contributed by atoms with Gasteiger partial charge in [0.1, 0.15) is 5.75 Å². The van der Waals surface area contributed by atoms with Crippen molar-refractivity contribution in [2.75, 3.05) is 12.4 Å². The minimum atomic E-state index is -0.342.